The molecule has 0 amide bonds. The van der Waals surface area contributed by atoms with Crippen LogP contribution in [-0.4, -0.2) is 18.1 Å². The number of rotatable bonds is 5. The summed E-state index contributed by atoms with van der Waals surface area (Å²) in [6.45, 7) is 5.08. The molecule has 0 aliphatic carbocycles. The SMILES string of the molecule is CC(C)(CCN)CNc1ncc(C(F)(F)F)cc1Cl. The first-order chi connectivity index (χ1) is 8.65. The lowest BCUT2D eigenvalue weighted by atomic mass is 9.89. The topological polar surface area (TPSA) is 50.9 Å². The van der Waals surface area contributed by atoms with Crippen molar-refractivity contribution in [2.45, 2.75) is 26.4 Å². The monoisotopic (exact) mass is 295 g/mol. The molecular weight excluding hydrogens is 279 g/mol. The van der Waals surface area contributed by atoms with Crippen LogP contribution in [0, 0.1) is 5.41 Å². The van der Waals surface area contributed by atoms with Crippen molar-refractivity contribution in [3.63, 3.8) is 0 Å². The van der Waals surface area contributed by atoms with E-state index in [0.717, 1.165) is 18.7 Å². The van der Waals surface area contributed by atoms with Gasteiger partial charge in [-0.15, -0.1) is 0 Å². The minimum absolute atomic E-state index is 0.0432. The lowest BCUT2D eigenvalue weighted by molar-refractivity contribution is -0.137. The number of halogens is 4. The number of nitrogens with two attached hydrogens (primary N) is 1. The van der Waals surface area contributed by atoms with Gasteiger partial charge in [-0.1, -0.05) is 25.4 Å². The van der Waals surface area contributed by atoms with Gasteiger partial charge in [0.1, 0.15) is 5.82 Å². The number of anilines is 1. The van der Waals surface area contributed by atoms with Crippen molar-refractivity contribution in [3.8, 4) is 0 Å². The van der Waals surface area contributed by atoms with E-state index in [1.54, 1.807) is 0 Å². The van der Waals surface area contributed by atoms with E-state index < -0.39 is 11.7 Å². The van der Waals surface area contributed by atoms with Gasteiger partial charge in [-0.05, 0) is 24.4 Å². The third-order valence-electron chi connectivity index (χ3n) is 2.72. The van der Waals surface area contributed by atoms with Crippen molar-refractivity contribution in [1.29, 1.82) is 0 Å². The van der Waals surface area contributed by atoms with Gasteiger partial charge < -0.3 is 11.1 Å². The van der Waals surface area contributed by atoms with E-state index >= 15 is 0 Å². The van der Waals surface area contributed by atoms with Gasteiger partial charge in [-0.2, -0.15) is 13.2 Å². The molecule has 19 heavy (non-hydrogen) atoms. The van der Waals surface area contributed by atoms with Crippen LogP contribution in [0.4, 0.5) is 19.0 Å². The highest BCUT2D eigenvalue weighted by Crippen LogP contribution is 2.32. The molecule has 0 atom stereocenters. The van der Waals surface area contributed by atoms with Gasteiger partial charge >= 0.3 is 6.18 Å². The Bertz CT molecular complexity index is 433. The molecule has 0 bridgehead atoms. The minimum atomic E-state index is -4.44. The maximum Gasteiger partial charge on any atom is 0.417 e. The molecule has 108 valence electrons. The molecule has 1 rings (SSSR count). The summed E-state index contributed by atoms with van der Waals surface area (Å²) in [7, 11) is 0. The lowest BCUT2D eigenvalue weighted by Crippen LogP contribution is -2.26. The molecule has 0 unspecified atom stereocenters. The van der Waals surface area contributed by atoms with Crippen molar-refractivity contribution < 1.29 is 13.2 Å². The van der Waals surface area contributed by atoms with Crippen LogP contribution in [0.5, 0.6) is 0 Å². The number of aromatic nitrogens is 1. The number of hydrogen-bond acceptors (Lipinski definition) is 3. The molecule has 0 aliphatic rings. The third-order valence-corrected chi connectivity index (χ3v) is 3.01. The molecule has 0 saturated heterocycles. The molecule has 0 aromatic carbocycles. The molecule has 3 nitrogen and oxygen atoms in total. The van der Waals surface area contributed by atoms with Gasteiger partial charge in [0.05, 0.1) is 10.6 Å². The Labute approximate surface area is 115 Å². The second-order valence-electron chi connectivity index (χ2n) is 5.11. The Morgan fingerprint density at radius 1 is 1.37 bits per heavy atom. The predicted molar refractivity (Wildman–Crippen MR) is 70.2 cm³/mol. The van der Waals surface area contributed by atoms with Crippen LogP contribution in [0.2, 0.25) is 5.02 Å². The number of alkyl halides is 3. The quantitative estimate of drug-likeness (QED) is 0.873. The molecular formula is C12H17ClF3N3. The fourth-order valence-corrected chi connectivity index (χ4v) is 1.76. The van der Waals surface area contributed by atoms with Crippen LogP contribution < -0.4 is 11.1 Å². The van der Waals surface area contributed by atoms with Gasteiger partial charge in [0.15, 0.2) is 0 Å². The first-order valence-electron chi connectivity index (χ1n) is 5.82. The van der Waals surface area contributed by atoms with Crippen LogP contribution in [0.3, 0.4) is 0 Å². The summed E-state index contributed by atoms with van der Waals surface area (Å²) >= 11 is 5.79. The number of pyridine rings is 1. The summed E-state index contributed by atoms with van der Waals surface area (Å²) in [5, 5.41) is 2.91. The summed E-state index contributed by atoms with van der Waals surface area (Å²) in [6.07, 6.45) is -2.88. The highest BCUT2D eigenvalue weighted by Gasteiger charge is 2.31. The molecule has 0 spiro atoms. The smallest absolute Gasteiger partial charge is 0.368 e. The molecule has 0 aliphatic heterocycles. The molecule has 0 radical (unpaired) electrons. The number of nitrogens with one attached hydrogen (secondary N) is 1. The molecule has 3 N–H and O–H groups in total. The van der Waals surface area contributed by atoms with E-state index in [2.05, 4.69) is 10.3 Å². The second kappa shape index (κ2) is 5.96. The first-order valence-corrected chi connectivity index (χ1v) is 6.20. The maximum atomic E-state index is 12.4. The standard InChI is InChI=1S/C12H17ClF3N3/c1-11(2,3-4-17)7-19-10-9(13)5-8(6-18-10)12(14,15)16/h5-6H,3-4,7,17H2,1-2H3,(H,18,19). The molecule has 0 saturated carbocycles. The van der Waals surface area contributed by atoms with Crippen molar-refractivity contribution in [2.24, 2.45) is 11.1 Å². The van der Waals surface area contributed by atoms with Crippen molar-refractivity contribution in [2.75, 3.05) is 18.4 Å². The zero-order chi connectivity index (χ0) is 14.7. The Kier molecular flexibility index (Phi) is 5.04. The highest BCUT2D eigenvalue weighted by molar-refractivity contribution is 6.32. The van der Waals surface area contributed by atoms with Crippen molar-refractivity contribution >= 4 is 17.4 Å². The summed E-state index contributed by atoms with van der Waals surface area (Å²) in [5.74, 6) is 0.250. The largest absolute Gasteiger partial charge is 0.417 e. The average Bonchev–Trinajstić information content (AvgIpc) is 2.26. The summed E-state index contributed by atoms with van der Waals surface area (Å²) < 4.78 is 37.3. The van der Waals surface area contributed by atoms with Gasteiger partial charge in [0.2, 0.25) is 0 Å². The number of nitrogens with zero attached hydrogens (tertiary/aromatic N) is 1. The molecule has 1 aromatic rings. The molecule has 0 fully saturated rings. The van der Waals surface area contributed by atoms with E-state index in [4.69, 9.17) is 17.3 Å². The normalized spacial score (nSPS) is 12.6. The maximum absolute atomic E-state index is 12.4. The molecule has 1 aromatic heterocycles. The fraction of sp³-hybridized carbons (Fsp3) is 0.583. The summed E-state index contributed by atoms with van der Waals surface area (Å²) in [4.78, 5) is 3.71. The summed E-state index contributed by atoms with van der Waals surface area (Å²) in [6, 6.07) is 0.868. The Hall–Kier alpha value is -1.01. The Morgan fingerprint density at radius 2 is 2.00 bits per heavy atom. The van der Waals surface area contributed by atoms with Crippen LogP contribution in [0.25, 0.3) is 0 Å². The van der Waals surface area contributed by atoms with Gasteiger partial charge in [0, 0.05) is 12.7 Å². The van der Waals surface area contributed by atoms with Crippen LogP contribution in [0.1, 0.15) is 25.8 Å². The van der Waals surface area contributed by atoms with Gasteiger partial charge in [-0.3, -0.25) is 0 Å². The molecule has 1 heterocycles. The zero-order valence-electron chi connectivity index (χ0n) is 10.8. The van der Waals surface area contributed by atoms with Crippen LogP contribution >= 0.6 is 11.6 Å². The van der Waals surface area contributed by atoms with E-state index in [-0.39, 0.29) is 16.3 Å². The van der Waals surface area contributed by atoms with Gasteiger partial charge in [0.25, 0.3) is 0 Å². The van der Waals surface area contributed by atoms with Crippen LogP contribution in [-0.2, 0) is 6.18 Å². The van der Waals surface area contributed by atoms with E-state index in [9.17, 15) is 13.2 Å². The number of hydrogen-bond donors (Lipinski definition) is 2. The second-order valence-corrected chi connectivity index (χ2v) is 5.52. The molecule has 7 heteroatoms. The van der Waals surface area contributed by atoms with Crippen LogP contribution in [0.15, 0.2) is 12.3 Å². The zero-order valence-corrected chi connectivity index (χ0v) is 11.6. The van der Waals surface area contributed by atoms with E-state index in [0.29, 0.717) is 13.1 Å². The van der Waals surface area contributed by atoms with E-state index in [1.165, 1.54) is 0 Å². The highest BCUT2D eigenvalue weighted by atomic mass is 35.5. The van der Waals surface area contributed by atoms with Crippen molar-refractivity contribution in [3.05, 3.63) is 22.8 Å². The fourth-order valence-electron chi connectivity index (χ4n) is 1.53. The van der Waals surface area contributed by atoms with Crippen molar-refractivity contribution in [1.82, 2.24) is 4.98 Å². The Balaban J connectivity index is 2.76. The predicted octanol–water partition coefficient (Wildman–Crippen LogP) is 3.54. The third kappa shape index (κ3) is 4.87. The van der Waals surface area contributed by atoms with E-state index in [1.807, 2.05) is 13.8 Å². The minimum Gasteiger partial charge on any atom is -0.368 e. The Morgan fingerprint density at radius 3 is 2.47 bits per heavy atom. The summed E-state index contributed by atoms with van der Waals surface area (Å²) in [5.41, 5.74) is 4.55. The average molecular weight is 296 g/mol. The lowest BCUT2D eigenvalue weighted by Gasteiger charge is -2.24. The first kappa shape index (κ1) is 16.0. The van der Waals surface area contributed by atoms with Gasteiger partial charge in [-0.25, -0.2) is 4.98 Å².